The van der Waals surface area contributed by atoms with Crippen LogP contribution in [0.3, 0.4) is 0 Å². The van der Waals surface area contributed by atoms with Crippen molar-refractivity contribution in [3.63, 3.8) is 0 Å². The maximum atomic E-state index is 6.56. The van der Waals surface area contributed by atoms with Crippen molar-refractivity contribution in [2.24, 2.45) is 0 Å². The van der Waals surface area contributed by atoms with Gasteiger partial charge in [-0.3, -0.25) is 0 Å². The maximum Gasteiger partial charge on any atom is 0.137 e. The van der Waals surface area contributed by atoms with Gasteiger partial charge in [0.1, 0.15) is 11.2 Å². The molecule has 8 aromatic carbocycles. The SMILES string of the molecule is c1ccc(N(c2ccc3c(c2)oc2ccc4ccccc4c23)c2cccc3c2c2ccc4ccccc4c2n3-c2ccccc2)cc1. The second-order valence-electron chi connectivity index (χ2n) is 12.1. The van der Waals surface area contributed by atoms with Crippen LogP contribution in [0.1, 0.15) is 0 Å². The van der Waals surface area contributed by atoms with E-state index in [1.54, 1.807) is 0 Å². The third-order valence-electron chi connectivity index (χ3n) is 9.53. The Labute approximate surface area is 271 Å². The number of hydrogen-bond donors (Lipinski definition) is 0. The molecule has 0 aliphatic carbocycles. The van der Waals surface area contributed by atoms with E-state index in [0.717, 1.165) is 50.2 Å². The first-order chi connectivity index (χ1) is 23.3. The van der Waals surface area contributed by atoms with Crippen molar-refractivity contribution in [1.29, 1.82) is 0 Å². The summed E-state index contributed by atoms with van der Waals surface area (Å²) in [6.07, 6.45) is 0. The van der Waals surface area contributed by atoms with Crippen LogP contribution >= 0.6 is 0 Å². The topological polar surface area (TPSA) is 21.3 Å². The molecule has 220 valence electrons. The average Bonchev–Trinajstić information content (AvgIpc) is 3.69. The standard InChI is InChI=1S/C44H28N2O/c1-3-14-31(15-4-1)45(33-24-26-36-41(28-33)47-40-27-23-29-12-7-9-18-34(29)42(36)40)38-20-11-21-39-43(38)37-25-22-30-13-8-10-19-35(30)44(37)46(39)32-16-5-2-6-17-32/h1-28H. The Kier molecular flexibility index (Phi) is 5.57. The van der Waals surface area contributed by atoms with Gasteiger partial charge in [0, 0.05) is 50.1 Å². The average molecular weight is 601 g/mol. The summed E-state index contributed by atoms with van der Waals surface area (Å²) >= 11 is 0. The van der Waals surface area contributed by atoms with E-state index in [4.69, 9.17) is 4.42 Å². The van der Waals surface area contributed by atoms with Crippen LogP contribution < -0.4 is 4.90 Å². The van der Waals surface area contributed by atoms with Crippen molar-refractivity contribution < 1.29 is 4.42 Å². The summed E-state index contributed by atoms with van der Waals surface area (Å²) in [5.74, 6) is 0. The smallest absolute Gasteiger partial charge is 0.137 e. The summed E-state index contributed by atoms with van der Waals surface area (Å²) in [5, 5.41) is 9.60. The van der Waals surface area contributed by atoms with Crippen LogP contribution in [-0.2, 0) is 0 Å². The number of furan rings is 1. The van der Waals surface area contributed by atoms with E-state index in [0.29, 0.717) is 0 Å². The van der Waals surface area contributed by atoms with Crippen molar-refractivity contribution in [2.75, 3.05) is 4.90 Å². The molecule has 0 N–H and O–H groups in total. The number of nitrogens with zero attached hydrogens (tertiary/aromatic N) is 2. The van der Waals surface area contributed by atoms with Crippen LogP contribution in [0.25, 0.3) is 71.0 Å². The molecule has 0 radical (unpaired) electrons. The Hall–Kier alpha value is -6.32. The van der Waals surface area contributed by atoms with Gasteiger partial charge in [-0.05, 0) is 70.8 Å². The highest BCUT2D eigenvalue weighted by atomic mass is 16.3. The molecule has 10 rings (SSSR count). The first-order valence-electron chi connectivity index (χ1n) is 16.0. The molecule has 0 atom stereocenters. The number of rotatable bonds is 4. The van der Waals surface area contributed by atoms with Gasteiger partial charge in [0.05, 0.1) is 16.7 Å². The van der Waals surface area contributed by atoms with Gasteiger partial charge in [-0.2, -0.15) is 0 Å². The van der Waals surface area contributed by atoms with Crippen LogP contribution in [0.4, 0.5) is 17.1 Å². The summed E-state index contributed by atoms with van der Waals surface area (Å²) in [6.45, 7) is 0. The molecule has 0 aliphatic rings. The highest BCUT2D eigenvalue weighted by Gasteiger charge is 2.23. The van der Waals surface area contributed by atoms with E-state index in [1.165, 1.54) is 37.8 Å². The Morgan fingerprint density at radius 3 is 1.94 bits per heavy atom. The van der Waals surface area contributed by atoms with Gasteiger partial charge in [0.25, 0.3) is 0 Å². The number of aromatic nitrogens is 1. The molecule has 0 spiro atoms. The van der Waals surface area contributed by atoms with Crippen molar-refractivity contribution in [1.82, 2.24) is 4.57 Å². The quantitative estimate of drug-likeness (QED) is 0.200. The molecule has 0 saturated carbocycles. The second-order valence-corrected chi connectivity index (χ2v) is 12.1. The van der Waals surface area contributed by atoms with Crippen molar-refractivity contribution >= 4 is 82.4 Å². The normalized spacial score (nSPS) is 11.8. The fraction of sp³-hybridized carbons (Fsp3) is 0. The molecule has 0 aliphatic heterocycles. The van der Waals surface area contributed by atoms with Gasteiger partial charge in [-0.15, -0.1) is 0 Å². The Balaban J connectivity index is 1.29. The number of fused-ring (bicyclic) bond motifs is 10. The summed E-state index contributed by atoms with van der Waals surface area (Å²) in [7, 11) is 0. The molecular weight excluding hydrogens is 572 g/mol. The number of para-hydroxylation sites is 2. The predicted molar refractivity (Wildman–Crippen MR) is 198 cm³/mol. The van der Waals surface area contributed by atoms with Crippen molar-refractivity contribution in [3.8, 4) is 5.69 Å². The van der Waals surface area contributed by atoms with Gasteiger partial charge in [0.15, 0.2) is 0 Å². The summed E-state index contributed by atoms with van der Waals surface area (Å²) < 4.78 is 8.98. The molecular formula is C44H28N2O. The van der Waals surface area contributed by atoms with Crippen molar-refractivity contribution in [2.45, 2.75) is 0 Å². The molecule has 0 bridgehead atoms. The summed E-state index contributed by atoms with van der Waals surface area (Å²) in [6, 6.07) is 60.7. The number of benzene rings is 8. The lowest BCUT2D eigenvalue weighted by Crippen LogP contribution is -2.10. The maximum absolute atomic E-state index is 6.56. The number of hydrogen-bond acceptors (Lipinski definition) is 2. The van der Waals surface area contributed by atoms with E-state index in [9.17, 15) is 0 Å². The highest BCUT2D eigenvalue weighted by Crippen LogP contribution is 2.46. The lowest BCUT2D eigenvalue weighted by atomic mass is 10.0. The molecule has 0 fully saturated rings. The van der Waals surface area contributed by atoms with Crippen LogP contribution in [0.2, 0.25) is 0 Å². The predicted octanol–water partition coefficient (Wildman–Crippen LogP) is 12.5. The first kappa shape index (κ1) is 26.0. The van der Waals surface area contributed by atoms with Crippen molar-refractivity contribution in [3.05, 3.63) is 170 Å². The summed E-state index contributed by atoms with van der Waals surface area (Å²) in [5.41, 5.74) is 8.54. The first-order valence-corrected chi connectivity index (χ1v) is 16.0. The van der Waals surface area contributed by atoms with Gasteiger partial charge in [-0.1, -0.05) is 109 Å². The highest BCUT2D eigenvalue weighted by molar-refractivity contribution is 6.23. The zero-order valence-electron chi connectivity index (χ0n) is 25.5. The molecule has 2 heterocycles. The fourth-order valence-electron chi connectivity index (χ4n) is 7.52. The molecule has 2 aromatic heterocycles. The van der Waals surface area contributed by atoms with Crippen LogP contribution in [0, 0.1) is 0 Å². The third-order valence-corrected chi connectivity index (χ3v) is 9.53. The van der Waals surface area contributed by atoms with E-state index >= 15 is 0 Å². The molecule has 0 saturated heterocycles. The zero-order chi connectivity index (χ0) is 30.9. The molecule has 3 heteroatoms. The van der Waals surface area contributed by atoms with Crippen LogP contribution in [-0.4, -0.2) is 4.57 Å². The number of anilines is 3. The van der Waals surface area contributed by atoms with Gasteiger partial charge in [0.2, 0.25) is 0 Å². The van der Waals surface area contributed by atoms with E-state index < -0.39 is 0 Å². The van der Waals surface area contributed by atoms with E-state index in [1.807, 2.05) is 0 Å². The molecule has 3 nitrogen and oxygen atoms in total. The second kappa shape index (κ2) is 10.1. The third kappa shape index (κ3) is 3.87. The van der Waals surface area contributed by atoms with Gasteiger partial charge >= 0.3 is 0 Å². The van der Waals surface area contributed by atoms with E-state index in [2.05, 4.69) is 179 Å². The van der Waals surface area contributed by atoms with Gasteiger partial charge < -0.3 is 13.9 Å². The lowest BCUT2D eigenvalue weighted by molar-refractivity contribution is 0.669. The monoisotopic (exact) mass is 600 g/mol. The summed E-state index contributed by atoms with van der Waals surface area (Å²) in [4.78, 5) is 2.37. The largest absolute Gasteiger partial charge is 0.456 e. The molecule has 0 unspecified atom stereocenters. The van der Waals surface area contributed by atoms with Crippen LogP contribution in [0.15, 0.2) is 174 Å². The molecule has 10 aromatic rings. The molecule has 0 amide bonds. The zero-order valence-corrected chi connectivity index (χ0v) is 25.5. The minimum Gasteiger partial charge on any atom is -0.456 e. The van der Waals surface area contributed by atoms with E-state index in [-0.39, 0.29) is 0 Å². The van der Waals surface area contributed by atoms with Crippen LogP contribution in [0.5, 0.6) is 0 Å². The Bertz CT molecular complexity index is 2790. The van der Waals surface area contributed by atoms with Gasteiger partial charge in [-0.25, -0.2) is 0 Å². The minimum absolute atomic E-state index is 0.875. The Morgan fingerprint density at radius 2 is 1.11 bits per heavy atom. The minimum atomic E-state index is 0.875. The Morgan fingerprint density at radius 1 is 0.426 bits per heavy atom. The molecule has 47 heavy (non-hydrogen) atoms. The fourth-order valence-corrected chi connectivity index (χ4v) is 7.52. The lowest BCUT2D eigenvalue weighted by Gasteiger charge is -2.26.